The van der Waals surface area contributed by atoms with E-state index in [2.05, 4.69) is 15.1 Å². The molecule has 1 saturated heterocycles. The van der Waals surface area contributed by atoms with Gasteiger partial charge in [-0.1, -0.05) is 0 Å². The molecular formula is C11H15N5O4. The maximum absolute atomic E-state index is 10.4. The summed E-state index contributed by atoms with van der Waals surface area (Å²) in [6, 6.07) is 0. The van der Waals surface area contributed by atoms with Crippen LogP contribution in [0.2, 0.25) is 0 Å². The van der Waals surface area contributed by atoms with Gasteiger partial charge in [-0.3, -0.25) is 0 Å². The Morgan fingerprint density at radius 1 is 1.50 bits per heavy atom. The number of nitrogens with zero attached hydrogens (tertiary/aromatic N) is 4. The van der Waals surface area contributed by atoms with Gasteiger partial charge in [0.05, 0.1) is 12.8 Å². The van der Waals surface area contributed by atoms with E-state index in [1.165, 1.54) is 24.0 Å². The fraction of sp³-hybridized carbons (Fsp3) is 0.545. The molecule has 1 aliphatic rings. The minimum atomic E-state index is -1.57. The van der Waals surface area contributed by atoms with E-state index in [9.17, 15) is 15.3 Å². The van der Waals surface area contributed by atoms with Gasteiger partial charge >= 0.3 is 0 Å². The second-order valence-electron chi connectivity index (χ2n) is 4.97. The molecule has 0 bridgehead atoms. The molecule has 1 unspecified atom stereocenters. The summed E-state index contributed by atoms with van der Waals surface area (Å²) in [6.45, 7) is 1.04. The van der Waals surface area contributed by atoms with E-state index >= 15 is 0 Å². The molecule has 0 amide bonds. The fourth-order valence-corrected chi connectivity index (χ4v) is 2.48. The number of aliphatic hydroxyl groups excluding tert-OH is 2. The van der Waals surface area contributed by atoms with Crippen molar-refractivity contribution in [3.8, 4) is 0 Å². The van der Waals surface area contributed by atoms with Crippen LogP contribution in [-0.4, -0.2) is 59.3 Å². The number of ether oxygens (including phenoxy) is 1. The van der Waals surface area contributed by atoms with Gasteiger partial charge in [-0.2, -0.15) is 9.61 Å². The van der Waals surface area contributed by atoms with E-state index in [1.807, 2.05) is 0 Å². The minimum Gasteiger partial charge on any atom is -0.394 e. The van der Waals surface area contributed by atoms with Crippen LogP contribution in [0, 0.1) is 0 Å². The summed E-state index contributed by atoms with van der Waals surface area (Å²) in [6.07, 6.45) is -0.233. The molecule has 0 aromatic carbocycles. The van der Waals surface area contributed by atoms with E-state index < -0.39 is 30.5 Å². The molecule has 0 saturated carbocycles. The van der Waals surface area contributed by atoms with Crippen molar-refractivity contribution in [2.24, 2.45) is 0 Å². The SMILES string of the molecule is C[C@]1(O)C(c2cnn3c(N)ncnc23)O[C@H](CO)[C@H]1O. The summed E-state index contributed by atoms with van der Waals surface area (Å²) in [5, 5.41) is 33.6. The van der Waals surface area contributed by atoms with Gasteiger partial charge < -0.3 is 25.8 Å². The van der Waals surface area contributed by atoms with Gasteiger partial charge in [0, 0.05) is 5.56 Å². The zero-order valence-corrected chi connectivity index (χ0v) is 10.7. The first-order valence-electron chi connectivity index (χ1n) is 6.07. The van der Waals surface area contributed by atoms with Crippen molar-refractivity contribution >= 4 is 11.6 Å². The Morgan fingerprint density at radius 3 is 2.90 bits per heavy atom. The Balaban J connectivity index is 2.10. The number of aliphatic hydroxyl groups is 3. The quantitative estimate of drug-likeness (QED) is 0.508. The number of anilines is 1. The third-order valence-electron chi connectivity index (χ3n) is 3.61. The molecule has 20 heavy (non-hydrogen) atoms. The smallest absolute Gasteiger partial charge is 0.224 e. The number of rotatable bonds is 2. The molecular weight excluding hydrogens is 266 g/mol. The van der Waals surface area contributed by atoms with Crippen LogP contribution in [0.15, 0.2) is 12.5 Å². The van der Waals surface area contributed by atoms with Gasteiger partial charge in [-0.05, 0) is 6.92 Å². The first-order chi connectivity index (χ1) is 9.46. The maximum atomic E-state index is 10.4. The van der Waals surface area contributed by atoms with Crippen LogP contribution >= 0.6 is 0 Å². The average Bonchev–Trinajstić information content (AvgIpc) is 2.92. The second-order valence-corrected chi connectivity index (χ2v) is 4.97. The van der Waals surface area contributed by atoms with Gasteiger partial charge in [0.2, 0.25) is 5.95 Å². The third-order valence-corrected chi connectivity index (χ3v) is 3.61. The van der Waals surface area contributed by atoms with Crippen molar-refractivity contribution in [2.45, 2.75) is 30.8 Å². The lowest BCUT2D eigenvalue weighted by molar-refractivity contribution is -0.0641. The Bertz CT molecular complexity index is 643. The van der Waals surface area contributed by atoms with Gasteiger partial charge in [-0.25, -0.2) is 9.97 Å². The summed E-state index contributed by atoms with van der Waals surface area (Å²) in [7, 11) is 0. The first-order valence-corrected chi connectivity index (χ1v) is 6.07. The summed E-state index contributed by atoms with van der Waals surface area (Å²) < 4.78 is 6.84. The van der Waals surface area contributed by atoms with Crippen LogP contribution in [0.4, 0.5) is 5.95 Å². The molecule has 3 heterocycles. The molecule has 0 spiro atoms. The largest absolute Gasteiger partial charge is 0.394 e. The Hall–Kier alpha value is -1.81. The number of hydrogen-bond acceptors (Lipinski definition) is 8. The van der Waals surface area contributed by atoms with Crippen molar-refractivity contribution in [2.75, 3.05) is 12.3 Å². The van der Waals surface area contributed by atoms with Crippen LogP contribution in [-0.2, 0) is 4.74 Å². The molecule has 5 N–H and O–H groups in total. The van der Waals surface area contributed by atoms with E-state index in [-0.39, 0.29) is 5.95 Å². The number of nitrogens with two attached hydrogens (primary N) is 1. The molecule has 9 nitrogen and oxygen atoms in total. The average molecular weight is 281 g/mol. The zero-order chi connectivity index (χ0) is 14.5. The Labute approximate surface area is 113 Å². The number of aromatic nitrogens is 4. The van der Waals surface area contributed by atoms with E-state index in [4.69, 9.17) is 10.5 Å². The predicted molar refractivity (Wildman–Crippen MR) is 66.5 cm³/mol. The monoisotopic (exact) mass is 281 g/mol. The zero-order valence-electron chi connectivity index (χ0n) is 10.7. The highest BCUT2D eigenvalue weighted by Gasteiger charge is 2.53. The van der Waals surface area contributed by atoms with Crippen LogP contribution < -0.4 is 5.73 Å². The van der Waals surface area contributed by atoms with Crippen molar-refractivity contribution in [3.63, 3.8) is 0 Å². The molecule has 108 valence electrons. The standard InChI is InChI=1S/C11H15N5O4/c1-11(19)7(18)6(3-17)20-8(11)5-2-15-16-9(5)13-4-14-10(16)12/h2,4,6-8,17-19H,3H2,1H3,(H2,12,13,14)/t6-,7-,8?,11-/m1/s1. The lowest BCUT2D eigenvalue weighted by Gasteiger charge is -2.25. The first kappa shape index (κ1) is 13.2. The van der Waals surface area contributed by atoms with E-state index in [0.29, 0.717) is 11.2 Å². The van der Waals surface area contributed by atoms with Gasteiger partial charge in [0.15, 0.2) is 5.65 Å². The van der Waals surface area contributed by atoms with Crippen LogP contribution in [0.3, 0.4) is 0 Å². The lowest BCUT2D eigenvalue weighted by Crippen LogP contribution is -2.43. The van der Waals surface area contributed by atoms with Gasteiger partial charge in [-0.15, -0.1) is 0 Å². The van der Waals surface area contributed by atoms with Crippen molar-refractivity contribution in [1.29, 1.82) is 0 Å². The summed E-state index contributed by atoms with van der Waals surface area (Å²) in [5.41, 5.74) is 4.95. The highest BCUT2D eigenvalue weighted by Crippen LogP contribution is 2.42. The Kier molecular flexibility index (Phi) is 2.87. The highest BCUT2D eigenvalue weighted by molar-refractivity contribution is 5.51. The normalized spacial score (nSPS) is 33.9. The Morgan fingerprint density at radius 2 is 2.25 bits per heavy atom. The van der Waals surface area contributed by atoms with Crippen LogP contribution in [0.25, 0.3) is 5.65 Å². The van der Waals surface area contributed by atoms with Crippen molar-refractivity contribution in [1.82, 2.24) is 19.6 Å². The summed E-state index contributed by atoms with van der Waals surface area (Å²) >= 11 is 0. The highest BCUT2D eigenvalue weighted by atomic mass is 16.6. The predicted octanol–water partition coefficient (Wildman–Crippen LogP) is -1.75. The molecule has 1 aliphatic heterocycles. The fourth-order valence-electron chi connectivity index (χ4n) is 2.48. The molecule has 4 atom stereocenters. The molecule has 2 aromatic heterocycles. The van der Waals surface area contributed by atoms with Crippen LogP contribution in [0.1, 0.15) is 18.6 Å². The molecule has 1 fully saturated rings. The number of nitrogen functional groups attached to an aromatic ring is 1. The lowest BCUT2D eigenvalue weighted by atomic mass is 9.90. The molecule has 9 heteroatoms. The van der Waals surface area contributed by atoms with Gasteiger partial charge in [0.1, 0.15) is 30.2 Å². The van der Waals surface area contributed by atoms with E-state index in [1.54, 1.807) is 0 Å². The topological polar surface area (TPSA) is 139 Å². The van der Waals surface area contributed by atoms with Crippen molar-refractivity contribution < 1.29 is 20.1 Å². The van der Waals surface area contributed by atoms with Gasteiger partial charge in [0.25, 0.3) is 0 Å². The molecule has 0 radical (unpaired) electrons. The number of hydrogen-bond donors (Lipinski definition) is 4. The molecule has 0 aliphatic carbocycles. The maximum Gasteiger partial charge on any atom is 0.224 e. The van der Waals surface area contributed by atoms with Crippen LogP contribution in [0.5, 0.6) is 0 Å². The van der Waals surface area contributed by atoms with Crippen molar-refractivity contribution in [3.05, 3.63) is 18.1 Å². The third kappa shape index (κ3) is 1.68. The van der Waals surface area contributed by atoms with E-state index in [0.717, 1.165) is 0 Å². The minimum absolute atomic E-state index is 0.151. The second kappa shape index (κ2) is 4.35. The summed E-state index contributed by atoms with van der Waals surface area (Å²) in [4.78, 5) is 7.87. The molecule has 3 rings (SSSR count). The number of fused-ring (bicyclic) bond motifs is 1. The molecule has 2 aromatic rings. The summed E-state index contributed by atoms with van der Waals surface area (Å²) in [5.74, 6) is 0.151.